The second kappa shape index (κ2) is 8.47. The molecule has 142 valence electrons. The zero-order chi connectivity index (χ0) is 20.1. The molecule has 0 radical (unpaired) electrons. The Morgan fingerprint density at radius 3 is 1.69 bits per heavy atom. The van der Waals surface area contributed by atoms with E-state index in [2.05, 4.69) is 104 Å². The van der Waals surface area contributed by atoms with Gasteiger partial charge in [0.05, 0.1) is 0 Å². The molecule has 0 aliphatic carbocycles. The second-order valence-electron chi connectivity index (χ2n) is 7.10. The first kappa shape index (κ1) is 19.2. The molecule has 4 aromatic rings. The summed E-state index contributed by atoms with van der Waals surface area (Å²) in [6.07, 6.45) is 0.965. The SMILES string of the molecule is Cc1ccc(-c2cccc(P(=CC=O)(c3ccccc3)c3ccccc3)c2)cc1. The van der Waals surface area contributed by atoms with Gasteiger partial charge in [-0.05, 0) is 52.7 Å². The molecule has 0 fully saturated rings. The highest BCUT2D eigenvalue weighted by molar-refractivity contribution is 7.95. The maximum absolute atomic E-state index is 11.9. The molecule has 0 aliphatic heterocycles. The molecule has 2 heteroatoms. The molecule has 0 atom stereocenters. The minimum atomic E-state index is -2.20. The fraction of sp³-hybridized carbons (Fsp3) is 0.0370. The maximum Gasteiger partial charge on any atom is 0.143 e. The number of carbonyl (C=O) groups is 1. The summed E-state index contributed by atoms with van der Waals surface area (Å²) in [6, 6.07) is 38.0. The monoisotopic (exact) mass is 394 g/mol. The van der Waals surface area contributed by atoms with Crippen molar-refractivity contribution in [2.45, 2.75) is 6.92 Å². The maximum atomic E-state index is 11.9. The van der Waals surface area contributed by atoms with E-state index in [0.29, 0.717) is 0 Å². The lowest BCUT2D eigenvalue weighted by Crippen LogP contribution is -2.27. The summed E-state index contributed by atoms with van der Waals surface area (Å²) >= 11 is 0. The van der Waals surface area contributed by atoms with Crippen molar-refractivity contribution in [3.63, 3.8) is 0 Å². The van der Waals surface area contributed by atoms with E-state index < -0.39 is 6.89 Å². The van der Waals surface area contributed by atoms with Gasteiger partial charge in [0.25, 0.3) is 0 Å². The van der Waals surface area contributed by atoms with E-state index in [1.54, 1.807) is 0 Å². The number of hydrogen-bond acceptors (Lipinski definition) is 1. The minimum Gasteiger partial charge on any atom is -0.298 e. The van der Waals surface area contributed by atoms with Crippen LogP contribution in [0.3, 0.4) is 0 Å². The van der Waals surface area contributed by atoms with Crippen LogP contribution in [0.4, 0.5) is 0 Å². The van der Waals surface area contributed by atoms with Crippen molar-refractivity contribution in [2.24, 2.45) is 0 Å². The van der Waals surface area contributed by atoms with E-state index in [-0.39, 0.29) is 0 Å². The summed E-state index contributed by atoms with van der Waals surface area (Å²) in [6.45, 7) is -0.105. The van der Waals surface area contributed by atoms with Crippen LogP contribution in [-0.4, -0.2) is 12.1 Å². The van der Waals surface area contributed by atoms with Gasteiger partial charge in [0, 0.05) is 0 Å². The fourth-order valence-corrected chi connectivity index (χ4v) is 7.32. The molecule has 0 saturated heterocycles. The van der Waals surface area contributed by atoms with Gasteiger partial charge in [-0.15, -0.1) is 0 Å². The Hall–Kier alpha value is -3.15. The predicted octanol–water partition coefficient (Wildman–Crippen LogP) is 4.96. The van der Waals surface area contributed by atoms with Crippen molar-refractivity contribution < 1.29 is 4.79 Å². The van der Waals surface area contributed by atoms with Crippen LogP contribution in [0.5, 0.6) is 0 Å². The highest BCUT2D eigenvalue weighted by Gasteiger charge is 2.25. The van der Waals surface area contributed by atoms with Crippen molar-refractivity contribution in [3.8, 4) is 11.1 Å². The molecule has 4 aromatic carbocycles. The Labute approximate surface area is 172 Å². The van der Waals surface area contributed by atoms with Crippen LogP contribution in [0.2, 0.25) is 0 Å². The largest absolute Gasteiger partial charge is 0.298 e. The van der Waals surface area contributed by atoms with Crippen molar-refractivity contribution >= 4 is 34.9 Å². The number of benzene rings is 4. The van der Waals surface area contributed by atoms with E-state index in [4.69, 9.17) is 0 Å². The average molecular weight is 394 g/mol. The van der Waals surface area contributed by atoms with E-state index in [9.17, 15) is 4.79 Å². The molecule has 0 N–H and O–H groups in total. The smallest absolute Gasteiger partial charge is 0.143 e. The molecule has 0 aromatic heterocycles. The third-order valence-electron chi connectivity index (χ3n) is 5.25. The topological polar surface area (TPSA) is 17.1 Å². The quantitative estimate of drug-likeness (QED) is 0.346. The number of carbonyl (C=O) groups excluding carboxylic acids is 1. The Morgan fingerprint density at radius 2 is 1.14 bits per heavy atom. The minimum absolute atomic E-state index is 0.965. The highest BCUT2D eigenvalue weighted by Crippen LogP contribution is 2.43. The molecule has 29 heavy (non-hydrogen) atoms. The number of aldehydes is 1. The van der Waals surface area contributed by atoms with Gasteiger partial charge in [-0.2, -0.15) is 0 Å². The molecule has 0 saturated carbocycles. The normalized spacial score (nSPS) is 11.1. The molecule has 0 heterocycles. The molecule has 0 bridgehead atoms. The molecule has 0 spiro atoms. The van der Waals surface area contributed by atoms with Crippen LogP contribution in [-0.2, 0) is 4.79 Å². The first-order chi connectivity index (χ1) is 14.2. The van der Waals surface area contributed by atoms with Crippen molar-refractivity contribution in [2.75, 3.05) is 0 Å². The third kappa shape index (κ3) is 3.75. The summed E-state index contributed by atoms with van der Waals surface area (Å²) in [7, 11) is 0. The van der Waals surface area contributed by atoms with E-state index in [1.807, 2.05) is 17.9 Å². The van der Waals surface area contributed by atoms with Gasteiger partial charge in [-0.1, -0.05) is 109 Å². The third-order valence-corrected chi connectivity index (χ3v) is 9.14. The second-order valence-corrected chi connectivity index (χ2v) is 10.4. The van der Waals surface area contributed by atoms with Crippen molar-refractivity contribution in [1.29, 1.82) is 0 Å². The lowest BCUT2D eigenvalue weighted by atomic mass is 10.0. The van der Waals surface area contributed by atoms with Crippen LogP contribution in [0.1, 0.15) is 5.56 Å². The Bertz CT molecular complexity index is 1120. The molecular weight excluding hydrogens is 371 g/mol. The molecule has 0 aliphatic rings. The Balaban J connectivity index is 2.00. The summed E-state index contributed by atoms with van der Waals surface area (Å²) in [5.74, 6) is 1.88. The predicted molar refractivity (Wildman–Crippen MR) is 127 cm³/mol. The van der Waals surface area contributed by atoms with E-state index in [0.717, 1.165) is 11.8 Å². The van der Waals surface area contributed by atoms with Gasteiger partial charge in [0.1, 0.15) is 6.29 Å². The zero-order valence-corrected chi connectivity index (χ0v) is 17.3. The first-order valence-corrected chi connectivity index (χ1v) is 11.6. The molecule has 1 nitrogen and oxygen atoms in total. The number of hydrogen-bond donors (Lipinski definition) is 0. The molecule has 0 unspecified atom stereocenters. The Morgan fingerprint density at radius 1 is 0.586 bits per heavy atom. The van der Waals surface area contributed by atoms with Crippen LogP contribution in [0.25, 0.3) is 11.1 Å². The lowest BCUT2D eigenvalue weighted by Gasteiger charge is -2.28. The van der Waals surface area contributed by atoms with Crippen LogP contribution in [0, 0.1) is 6.92 Å². The first-order valence-electron chi connectivity index (χ1n) is 9.71. The highest BCUT2D eigenvalue weighted by atomic mass is 31.2. The summed E-state index contributed by atoms with van der Waals surface area (Å²) in [5.41, 5.74) is 3.59. The van der Waals surface area contributed by atoms with Gasteiger partial charge < -0.3 is 0 Å². The van der Waals surface area contributed by atoms with Crippen LogP contribution in [0.15, 0.2) is 109 Å². The fourth-order valence-electron chi connectivity index (χ4n) is 3.77. The molecule has 0 amide bonds. The lowest BCUT2D eigenvalue weighted by molar-refractivity contribution is -0.102. The summed E-state index contributed by atoms with van der Waals surface area (Å²) in [5, 5.41) is 3.54. The van der Waals surface area contributed by atoms with E-state index >= 15 is 0 Å². The average Bonchev–Trinajstić information content (AvgIpc) is 2.79. The van der Waals surface area contributed by atoms with Gasteiger partial charge >= 0.3 is 0 Å². The van der Waals surface area contributed by atoms with Gasteiger partial charge in [-0.25, -0.2) is 0 Å². The van der Waals surface area contributed by atoms with Gasteiger partial charge in [0.15, 0.2) is 0 Å². The molecular formula is C27H23OP. The standard InChI is InChI=1S/C27H23OP/c1-22-15-17-23(18-16-22)24-9-8-14-27(21-24)29(20-19-28,25-10-4-2-5-11-25)26-12-6-3-7-13-26/h2-21H,1H3. The summed E-state index contributed by atoms with van der Waals surface area (Å²) < 4.78 is 0. The number of aryl methyl sites for hydroxylation is 1. The van der Waals surface area contributed by atoms with Crippen molar-refractivity contribution in [1.82, 2.24) is 0 Å². The van der Waals surface area contributed by atoms with Gasteiger partial charge in [0.2, 0.25) is 0 Å². The summed E-state index contributed by atoms with van der Waals surface area (Å²) in [4.78, 5) is 11.9. The van der Waals surface area contributed by atoms with Crippen molar-refractivity contribution in [3.05, 3.63) is 115 Å². The van der Waals surface area contributed by atoms with E-state index in [1.165, 1.54) is 27.0 Å². The molecule has 4 rings (SSSR count). The zero-order valence-electron chi connectivity index (χ0n) is 16.4. The Kier molecular flexibility index (Phi) is 5.60. The van der Waals surface area contributed by atoms with Crippen LogP contribution >= 0.6 is 6.89 Å². The number of rotatable bonds is 5. The van der Waals surface area contributed by atoms with Crippen LogP contribution < -0.4 is 15.9 Å². The van der Waals surface area contributed by atoms with Gasteiger partial charge in [-0.3, -0.25) is 4.79 Å².